The van der Waals surface area contributed by atoms with Crippen molar-refractivity contribution in [3.63, 3.8) is 0 Å². The Balaban J connectivity index is 1.44. The van der Waals surface area contributed by atoms with E-state index in [-0.39, 0.29) is 24.5 Å². The van der Waals surface area contributed by atoms with Crippen molar-refractivity contribution >= 4 is 63.8 Å². The van der Waals surface area contributed by atoms with E-state index in [4.69, 9.17) is 44.3 Å². The van der Waals surface area contributed by atoms with E-state index in [0.717, 1.165) is 34.4 Å². The van der Waals surface area contributed by atoms with Crippen molar-refractivity contribution in [1.29, 1.82) is 0 Å². The predicted octanol–water partition coefficient (Wildman–Crippen LogP) is 7.02. The summed E-state index contributed by atoms with van der Waals surface area (Å²) in [6.45, 7) is 4.01. The van der Waals surface area contributed by atoms with Crippen molar-refractivity contribution in [2.24, 2.45) is 0 Å². The molecule has 0 saturated carbocycles. The third-order valence-electron chi connectivity index (χ3n) is 5.67. The number of aryl methyl sites for hydroxylation is 1. The lowest BCUT2D eigenvalue weighted by atomic mass is 10.2. The molecule has 0 bridgehead atoms. The van der Waals surface area contributed by atoms with E-state index < -0.39 is 0 Å². The molecule has 2 aliphatic heterocycles. The van der Waals surface area contributed by atoms with Crippen molar-refractivity contribution in [3.8, 4) is 17.2 Å². The highest BCUT2D eigenvalue weighted by Gasteiger charge is 2.36. The fourth-order valence-electron chi connectivity index (χ4n) is 4.00. The highest BCUT2D eigenvalue weighted by Crippen LogP contribution is 2.40. The van der Waals surface area contributed by atoms with Crippen LogP contribution in [-0.4, -0.2) is 27.4 Å². The van der Waals surface area contributed by atoms with Crippen LogP contribution in [0, 0.1) is 13.8 Å². The number of hydrogen-bond acceptors (Lipinski definition) is 5. The summed E-state index contributed by atoms with van der Waals surface area (Å²) in [6.07, 6.45) is 1.73. The van der Waals surface area contributed by atoms with E-state index >= 15 is 0 Å². The van der Waals surface area contributed by atoms with Gasteiger partial charge in [0.05, 0.1) is 27.2 Å². The first-order valence-electron chi connectivity index (χ1n) is 10.2. The van der Waals surface area contributed by atoms with Crippen LogP contribution in [0.3, 0.4) is 0 Å². The van der Waals surface area contributed by atoms with Crippen molar-refractivity contribution in [1.82, 2.24) is 9.47 Å². The lowest BCUT2D eigenvalue weighted by Crippen LogP contribution is -2.27. The summed E-state index contributed by atoms with van der Waals surface area (Å²) >= 11 is 19.9. The Morgan fingerprint density at radius 3 is 2.53 bits per heavy atom. The molecule has 2 aromatic carbocycles. The van der Waals surface area contributed by atoms with Gasteiger partial charge >= 0.3 is 0 Å². The molecule has 3 aromatic rings. The summed E-state index contributed by atoms with van der Waals surface area (Å²) < 4.78 is 12.7. The zero-order valence-electron chi connectivity index (χ0n) is 18.0. The van der Waals surface area contributed by atoms with Gasteiger partial charge in [0.15, 0.2) is 11.5 Å². The van der Waals surface area contributed by atoms with Crippen LogP contribution in [0.25, 0.3) is 11.8 Å². The first kappa shape index (κ1) is 23.2. The molecule has 0 radical (unpaired) electrons. The minimum absolute atomic E-state index is 0.0363. The summed E-state index contributed by atoms with van der Waals surface area (Å²) in [6, 6.07) is 10.7. The van der Waals surface area contributed by atoms with Crippen LogP contribution in [0.4, 0.5) is 4.79 Å². The first-order valence-corrected chi connectivity index (χ1v) is 12.2. The molecule has 3 heterocycles. The normalized spacial score (nSPS) is 16.3. The van der Waals surface area contributed by atoms with Gasteiger partial charge in [-0.3, -0.25) is 14.5 Å². The molecule has 6 nitrogen and oxygen atoms in total. The molecule has 34 heavy (non-hydrogen) atoms. The number of ether oxygens (including phenoxy) is 2. The summed E-state index contributed by atoms with van der Waals surface area (Å²) in [5, 5.41) is 0.931. The van der Waals surface area contributed by atoms with Gasteiger partial charge in [-0.2, -0.15) is 0 Å². The maximum atomic E-state index is 13.1. The zero-order chi connectivity index (χ0) is 24.1. The van der Waals surface area contributed by atoms with E-state index in [1.165, 1.54) is 4.90 Å². The quantitative estimate of drug-likeness (QED) is 0.336. The molecule has 174 valence electrons. The van der Waals surface area contributed by atoms with Gasteiger partial charge in [-0.05, 0) is 67.1 Å². The number of amides is 2. The molecule has 0 N–H and O–H groups in total. The van der Waals surface area contributed by atoms with Crippen LogP contribution >= 0.6 is 46.6 Å². The summed E-state index contributed by atoms with van der Waals surface area (Å²) in [7, 11) is 0. The first-order chi connectivity index (χ1) is 16.2. The molecule has 0 atom stereocenters. The maximum absolute atomic E-state index is 13.1. The molecule has 2 amide bonds. The highest BCUT2D eigenvalue weighted by molar-refractivity contribution is 8.18. The molecule has 2 aliphatic rings. The second-order valence-electron chi connectivity index (χ2n) is 7.80. The van der Waals surface area contributed by atoms with Gasteiger partial charge in [0.2, 0.25) is 6.79 Å². The minimum atomic E-state index is -0.380. The fraction of sp³-hybridized carbons (Fsp3) is 0.167. The average Bonchev–Trinajstić information content (AvgIpc) is 3.43. The Morgan fingerprint density at radius 1 is 1.03 bits per heavy atom. The van der Waals surface area contributed by atoms with Gasteiger partial charge < -0.3 is 14.0 Å². The molecular weight excluding hydrogens is 519 g/mol. The Bertz CT molecular complexity index is 1400. The molecule has 0 spiro atoms. The molecule has 1 saturated heterocycles. The van der Waals surface area contributed by atoms with Gasteiger partial charge in [0, 0.05) is 22.5 Å². The highest BCUT2D eigenvalue weighted by atomic mass is 35.5. The van der Waals surface area contributed by atoms with Crippen LogP contribution in [0.5, 0.6) is 11.5 Å². The third kappa shape index (κ3) is 3.96. The molecule has 1 aromatic heterocycles. The number of thioether (sulfide) groups is 1. The Kier molecular flexibility index (Phi) is 6.06. The van der Waals surface area contributed by atoms with E-state index in [1.54, 1.807) is 24.3 Å². The summed E-state index contributed by atoms with van der Waals surface area (Å²) in [5.74, 6) is 0.696. The third-order valence-corrected chi connectivity index (χ3v) is 7.74. The Morgan fingerprint density at radius 2 is 1.76 bits per heavy atom. The number of fused-ring (bicyclic) bond motifs is 1. The van der Waals surface area contributed by atoms with Crippen LogP contribution in [0.2, 0.25) is 15.1 Å². The predicted molar refractivity (Wildman–Crippen MR) is 134 cm³/mol. The van der Waals surface area contributed by atoms with Crippen molar-refractivity contribution < 1.29 is 19.1 Å². The van der Waals surface area contributed by atoms with Crippen LogP contribution < -0.4 is 9.47 Å². The van der Waals surface area contributed by atoms with Crippen molar-refractivity contribution in [2.45, 2.75) is 20.4 Å². The molecule has 0 unspecified atom stereocenters. The Labute approximate surface area is 215 Å². The summed E-state index contributed by atoms with van der Waals surface area (Å²) in [5.41, 5.74) is 3.93. The lowest BCUT2D eigenvalue weighted by Gasteiger charge is -2.14. The number of hydrogen-bond donors (Lipinski definition) is 0. The SMILES string of the molecule is Cc1cc(/C=C2\SC(=O)N(Cc3cc4c(cc3Cl)OCO4)C2=O)c(C)n1-c1cccc(Cl)c1Cl. The average molecular weight is 536 g/mol. The second kappa shape index (κ2) is 8.89. The minimum Gasteiger partial charge on any atom is -0.454 e. The van der Waals surface area contributed by atoms with Crippen molar-refractivity contribution in [2.75, 3.05) is 6.79 Å². The standard InChI is InChI=1S/C24H17Cl3N2O4S/c1-12-6-14(13(2)29(12)18-5-3-4-16(25)22(18)27)8-21-23(30)28(24(31)34-21)10-15-7-19-20(9-17(15)26)33-11-32-19/h3-9H,10-11H2,1-2H3/b21-8-. The number of nitrogens with zero attached hydrogens (tertiary/aromatic N) is 2. The van der Waals surface area contributed by atoms with Gasteiger partial charge in [-0.1, -0.05) is 40.9 Å². The number of halogens is 3. The van der Waals surface area contributed by atoms with Gasteiger partial charge in [-0.25, -0.2) is 0 Å². The molecular formula is C24H17Cl3N2O4S. The topological polar surface area (TPSA) is 60.8 Å². The fourth-order valence-corrected chi connectivity index (χ4v) is 5.42. The van der Waals surface area contributed by atoms with E-state index in [2.05, 4.69) is 0 Å². The van der Waals surface area contributed by atoms with Crippen LogP contribution in [0.15, 0.2) is 41.3 Å². The monoisotopic (exact) mass is 534 g/mol. The second-order valence-corrected chi connectivity index (χ2v) is 9.99. The van der Waals surface area contributed by atoms with E-state index in [9.17, 15) is 9.59 Å². The van der Waals surface area contributed by atoms with Gasteiger partial charge in [0.25, 0.3) is 11.1 Å². The zero-order valence-corrected chi connectivity index (χ0v) is 21.1. The number of imide groups is 1. The lowest BCUT2D eigenvalue weighted by molar-refractivity contribution is -0.123. The Hall–Kier alpha value is -2.58. The number of rotatable bonds is 4. The largest absolute Gasteiger partial charge is 0.454 e. The number of aromatic nitrogens is 1. The van der Waals surface area contributed by atoms with E-state index in [1.807, 2.05) is 36.6 Å². The molecule has 5 rings (SSSR count). The van der Waals surface area contributed by atoms with Crippen molar-refractivity contribution in [3.05, 3.63) is 78.9 Å². The number of benzene rings is 2. The smallest absolute Gasteiger partial charge is 0.293 e. The van der Waals surface area contributed by atoms with E-state index in [0.29, 0.717) is 37.0 Å². The van der Waals surface area contributed by atoms with Crippen LogP contribution in [-0.2, 0) is 11.3 Å². The number of carbonyl (C=O) groups is 2. The molecule has 1 fully saturated rings. The molecule has 10 heteroatoms. The number of carbonyl (C=O) groups excluding carboxylic acids is 2. The molecule has 0 aliphatic carbocycles. The summed E-state index contributed by atoms with van der Waals surface area (Å²) in [4.78, 5) is 27.3. The maximum Gasteiger partial charge on any atom is 0.293 e. The van der Waals surface area contributed by atoms with Gasteiger partial charge in [-0.15, -0.1) is 0 Å². The van der Waals surface area contributed by atoms with Gasteiger partial charge in [0.1, 0.15) is 0 Å². The van der Waals surface area contributed by atoms with Crippen LogP contribution in [0.1, 0.15) is 22.5 Å².